The van der Waals surface area contributed by atoms with Crippen molar-refractivity contribution in [3.63, 3.8) is 0 Å². The van der Waals surface area contributed by atoms with E-state index in [2.05, 4.69) is 35.5 Å². The zero-order chi connectivity index (χ0) is 20.5. The van der Waals surface area contributed by atoms with Crippen molar-refractivity contribution < 1.29 is 18.0 Å². The Bertz CT molecular complexity index is 1170. The van der Waals surface area contributed by atoms with E-state index in [1.807, 2.05) is 0 Å². The van der Waals surface area contributed by atoms with E-state index >= 15 is 0 Å². The standard InChI is InChI=1S/C17H14F2N8O2/c1-27(2)16(28)10-3-9(4-11-12(10)23-7-22-11)24-17-20-5-8(6-21-17)14-25-26-15(29-14)13(18)19/h3-7,13H,1-2H3,(H,22,23)(H,20,21,24). The molecule has 12 heteroatoms. The molecule has 4 rings (SSSR count). The minimum Gasteiger partial charge on any atom is -0.415 e. The second kappa shape index (κ2) is 7.22. The largest absolute Gasteiger partial charge is 0.415 e. The van der Waals surface area contributed by atoms with Crippen molar-refractivity contribution in [1.82, 2.24) is 35.0 Å². The summed E-state index contributed by atoms with van der Waals surface area (Å²) < 4.78 is 30.0. The predicted octanol–water partition coefficient (Wildman–Crippen LogP) is 2.79. The number of amides is 1. The summed E-state index contributed by atoms with van der Waals surface area (Å²) in [5.41, 5.74) is 2.50. The molecule has 0 spiro atoms. The Morgan fingerprint density at radius 1 is 1.17 bits per heavy atom. The number of hydrogen-bond donors (Lipinski definition) is 2. The van der Waals surface area contributed by atoms with E-state index in [1.165, 1.54) is 23.6 Å². The fraction of sp³-hybridized carbons (Fsp3) is 0.176. The third kappa shape index (κ3) is 3.59. The highest BCUT2D eigenvalue weighted by molar-refractivity contribution is 6.06. The van der Waals surface area contributed by atoms with E-state index in [0.717, 1.165) is 0 Å². The van der Waals surface area contributed by atoms with E-state index < -0.39 is 12.3 Å². The van der Waals surface area contributed by atoms with E-state index in [1.54, 1.807) is 26.2 Å². The van der Waals surface area contributed by atoms with Crippen LogP contribution in [0.1, 0.15) is 22.7 Å². The third-order valence-corrected chi connectivity index (χ3v) is 3.94. The number of hydrogen-bond acceptors (Lipinski definition) is 8. The summed E-state index contributed by atoms with van der Waals surface area (Å²) in [6.45, 7) is 0. The van der Waals surface area contributed by atoms with Crippen molar-refractivity contribution in [2.24, 2.45) is 0 Å². The lowest BCUT2D eigenvalue weighted by Gasteiger charge is -2.12. The van der Waals surface area contributed by atoms with Crippen molar-refractivity contribution >= 4 is 28.6 Å². The quantitative estimate of drug-likeness (QED) is 0.524. The molecule has 0 saturated carbocycles. The first-order valence-corrected chi connectivity index (χ1v) is 8.32. The molecule has 29 heavy (non-hydrogen) atoms. The summed E-state index contributed by atoms with van der Waals surface area (Å²) in [6, 6.07) is 3.41. The molecule has 0 atom stereocenters. The van der Waals surface area contributed by atoms with E-state index in [4.69, 9.17) is 4.42 Å². The molecule has 3 heterocycles. The van der Waals surface area contributed by atoms with Gasteiger partial charge in [-0.3, -0.25) is 4.79 Å². The second-order valence-corrected chi connectivity index (χ2v) is 6.19. The maximum atomic E-state index is 12.6. The summed E-state index contributed by atoms with van der Waals surface area (Å²) in [4.78, 5) is 29.3. The summed E-state index contributed by atoms with van der Waals surface area (Å²) in [5.74, 6) is -0.851. The maximum absolute atomic E-state index is 12.6. The number of anilines is 2. The van der Waals surface area contributed by atoms with Crippen LogP contribution in [0.4, 0.5) is 20.4 Å². The van der Waals surface area contributed by atoms with Crippen LogP contribution < -0.4 is 5.32 Å². The van der Waals surface area contributed by atoms with Crippen molar-refractivity contribution in [1.29, 1.82) is 0 Å². The molecule has 0 fully saturated rings. The molecule has 0 aliphatic rings. The number of carbonyl (C=O) groups is 1. The minimum atomic E-state index is -2.85. The fourth-order valence-corrected chi connectivity index (χ4v) is 2.60. The number of nitrogens with zero attached hydrogens (tertiary/aromatic N) is 6. The van der Waals surface area contributed by atoms with Gasteiger partial charge in [-0.05, 0) is 12.1 Å². The smallest absolute Gasteiger partial charge is 0.314 e. The molecule has 0 unspecified atom stereocenters. The third-order valence-electron chi connectivity index (χ3n) is 3.94. The molecule has 1 amide bonds. The van der Waals surface area contributed by atoms with Gasteiger partial charge in [0.1, 0.15) is 5.52 Å². The molecule has 0 aliphatic carbocycles. The van der Waals surface area contributed by atoms with Gasteiger partial charge in [0.15, 0.2) is 0 Å². The molecular formula is C17H14F2N8O2. The molecule has 0 radical (unpaired) electrons. The van der Waals surface area contributed by atoms with Gasteiger partial charge in [0.05, 0.1) is 23.0 Å². The number of rotatable bonds is 5. The Kier molecular flexibility index (Phi) is 4.58. The van der Waals surface area contributed by atoms with Crippen LogP contribution in [0.2, 0.25) is 0 Å². The zero-order valence-electron chi connectivity index (χ0n) is 15.2. The number of aromatic amines is 1. The van der Waals surface area contributed by atoms with Crippen LogP contribution >= 0.6 is 0 Å². The molecule has 4 aromatic rings. The van der Waals surface area contributed by atoms with Crippen molar-refractivity contribution in [2.75, 3.05) is 19.4 Å². The number of halogens is 2. The van der Waals surface area contributed by atoms with Gasteiger partial charge in [-0.15, -0.1) is 10.2 Å². The van der Waals surface area contributed by atoms with Gasteiger partial charge in [-0.25, -0.2) is 15.0 Å². The number of H-pyrrole nitrogens is 1. The molecule has 1 aromatic carbocycles. The Morgan fingerprint density at radius 3 is 2.59 bits per heavy atom. The van der Waals surface area contributed by atoms with Gasteiger partial charge in [-0.2, -0.15) is 8.78 Å². The molecule has 0 saturated heterocycles. The van der Waals surface area contributed by atoms with Crippen LogP contribution in [-0.2, 0) is 0 Å². The molecule has 3 aromatic heterocycles. The summed E-state index contributed by atoms with van der Waals surface area (Å²) >= 11 is 0. The Balaban J connectivity index is 1.60. The highest BCUT2D eigenvalue weighted by Gasteiger charge is 2.18. The van der Waals surface area contributed by atoms with Crippen LogP contribution in [0.3, 0.4) is 0 Å². The van der Waals surface area contributed by atoms with E-state index in [9.17, 15) is 13.6 Å². The van der Waals surface area contributed by atoms with E-state index in [0.29, 0.717) is 27.8 Å². The molecule has 2 N–H and O–H groups in total. The average molecular weight is 400 g/mol. The second-order valence-electron chi connectivity index (χ2n) is 6.19. The summed E-state index contributed by atoms with van der Waals surface area (Å²) in [6.07, 6.45) is 1.37. The molecule has 0 bridgehead atoms. The molecular weight excluding hydrogens is 386 g/mol. The zero-order valence-corrected chi connectivity index (χ0v) is 15.2. The number of imidazole rings is 1. The van der Waals surface area contributed by atoms with Crippen LogP contribution in [0.25, 0.3) is 22.5 Å². The Hall–Kier alpha value is -3.96. The number of nitrogens with one attached hydrogen (secondary N) is 2. The first kappa shape index (κ1) is 18.4. The number of fused-ring (bicyclic) bond motifs is 1. The Morgan fingerprint density at radius 2 is 1.93 bits per heavy atom. The topological polar surface area (TPSA) is 126 Å². The lowest BCUT2D eigenvalue weighted by molar-refractivity contribution is 0.0829. The number of alkyl halides is 2. The van der Waals surface area contributed by atoms with Crippen molar-refractivity contribution in [3.8, 4) is 11.5 Å². The highest BCUT2D eigenvalue weighted by Crippen LogP contribution is 2.25. The van der Waals surface area contributed by atoms with Gasteiger partial charge in [-0.1, -0.05) is 0 Å². The first-order chi connectivity index (χ1) is 13.9. The van der Waals surface area contributed by atoms with Gasteiger partial charge in [0.25, 0.3) is 17.7 Å². The lowest BCUT2D eigenvalue weighted by atomic mass is 10.1. The lowest BCUT2D eigenvalue weighted by Crippen LogP contribution is -2.22. The Labute approximate surface area is 162 Å². The van der Waals surface area contributed by atoms with Gasteiger partial charge in [0, 0.05) is 32.2 Å². The predicted molar refractivity (Wildman–Crippen MR) is 97.7 cm³/mol. The van der Waals surface area contributed by atoms with Gasteiger partial charge < -0.3 is 19.6 Å². The van der Waals surface area contributed by atoms with Crippen molar-refractivity contribution in [3.05, 3.63) is 42.3 Å². The summed E-state index contributed by atoms with van der Waals surface area (Å²) in [7, 11) is 3.31. The first-order valence-electron chi connectivity index (χ1n) is 8.32. The average Bonchev–Trinajstić information content (AvgIpc) is 3.37. The summed E-state index contributed by atoms with van der Waals surface area (Å²) in [5, 5.41) is 9.80. The van der Waals surface area contributed by atoms with Gasteiger partial charge >= 0.3 is 6.43 Å². The highest BCUT2D eigenvalue weighted by atomic mass is 19.3. The van der Waals surface area contributed by atoms with E-state index in [-0.39, 0.29) is 17.7 Å². The number of benzene rings is 1. The molecule has 148 valence electrons. The van der Waals surface area contributed by atoms with Gasteiger partial charge in [0.2, 0.25) is 5.95 Å². The van der Waals surface area contributed by atoms with Crippen LogP contribution in [-0.4, -0.2) is 55.0 Å². The maximum Gasteiger partial charge on any atom is 0.314 e. The number of aromatic nitrogens is 6. The van der Waals surface area contributed by atoms with Crippen molar-refractivity contribution in [2.45, 2.75) is 6.43 Å². The minimum absolute atomic E-state index is 0.107. The SMILES string of the molecule is CN(C)C(=O)c1cc(Nc2ncc(-c3nnc(C(F)F)o3)cn2)cc2[nH]cnc12. The molecule has 10 nitrogen and oxygen atoms in total. The van der Waals surface area contributed by atoms with Crippen LogP contribution in [0.15, 0.2) is 35.3 Å². The number of carbonyl (C=O) groups excluding carboxylic acids is 1. The normalized spacial score (nSPS) is 11.2. The van der Waals surface area contributed by atoms with Crippen LogP contribution in [0, 0.1) is 0 Å². The molecule has 0 aliphatic heterocycles. The fourth-order valence-electron chi connectivity index (χ4n) is 2.60. The monoisotopic (exact) mass is 400 g/mol. The van der Waals surface area contributed by atoms with Crippen LogP contribution in [0.5, 0.6) is 0 Å².